The third kappa shape index (κ3) is 6.56. The smallest absolute Gasteiger partial charge is 0.268 e. The first-order valence-corrected chi connectivity index (χ1v) is 12.4. The zero-order valence-corrected chi connectivity index (χ0v) is 21.0. The van der Waals surface area contributed by atoms with Crippen molar-refractivity contribution in [2.24, 2.45) is 11.3 Å². The Kier molecular flexibility index (Phi) is 8.58. The van der Waals surface area contributed by atoms with Gasteiger partial charge in [-0.25, -0.2) is 0 Å². The fourth-order valence-corrected chi connectivity index (χ4v) is 4.92. The van der Waals surface area contributed by atoms with E-state index >= 15 is 0 Å². The van der Waals surface area contributed by atoms with E-state index in [4.69, 9.17) is 9.47 Å². The van der Waals surface area contributed by atoms with E-state index in [1.54, 1.807) is 13.8 Å². The number of imide groups is 1. The highest BCUT2D eigenvalue weighted by atomic mass is 32.2. The maximum absolute atomic E-state index is 13.1. The monoisotopic (exact) mass is 471 g/mol. The molecule has 2 fully saturated rings. The van der Waals surface area contributed by atoms with E-state index in [2.05, 4.69) is 20.8 Å². The molecule has 0 aliphatic carbocycles. The van der Waals surface area contributed by atoms with Gasteiger partial charge in [0.05, 0.1) is 0 Å². The summed E-state index contributed by atoms with van der Waals surface area (Å²) in [7, 11) is 0. The van der Waals surface area contributed by atoms with Gasteiger partial charge in [0.1, 0.15) is 23.5 Å². The van der Waals surface area contributed by atoms with Crippen LogP contribution >= 0.6 is 11.8 Å². The van der Waals surface area contributed by atoms with Gasteiger partial charge in [-0.3, -0.25) is 19.3 Å². The van der Waals surface area contributed by atoms with Crippen molar-refractivity contribution in [2.45, 2.75) is 91.4 Å². The molecule has 0 saturated carbocycles. The van der Waals surface area contributed by atoms with E-state index in [1.165, 1.54) is 11.8 Å². The maximum atomic E-state index is 13.1. The molecule has 4 atom stereocenters. The number of nitrogens with zero attached hydrogens (tertiary/aromatic N) is 1. The Morgan fingerprint density at radius 2 is 1.88 bits per heavy atom. The van der Waals surface area contributed by atoms with Crippen LogP contribution in [0.15, 0.2) is 11.3 Å². The van der Waals surface area contributed by atoms with Crippen LogP contribution in [0.4, 0.5) is 0 Å². The highest BCUT2D eigenvalue weighted by Gasteiger charge is 2.49. The summed E-state index contributed by atoms with van der Waals surface area (Å²) in [5.41, 5.74) is -0.363. The summed E-state index contributed by atoms with van der Waals surface area (Å²) >= 11 is 1.51. The van der Waals surface area contributed by atoms with Crippen molar-refractivity contribution < 1.29 is 34.1 Å². The molecule has 182 valence electrons. The number of ketones is 1. The summed E-state index contributed by atoms with van der Waals surface area (Å²) in [6.07, 6.45) is 0.641. The van der Waals surface area contributed by atoms with Crippen LogP contribution in [0.5, 0.6) is 0 Å². The first kappa shape index (κ1) is 26.8. The molecular formula is C23H37NO7S. The first-order chi connectivity index (χ1) is 14.7. The highest BCUT2D eigenvalue weighted by molar-refractivity contribution is 7.98. The van der Waals surface area contributed by atoms with Crippen LogP contribution in [0, 0.1) is 11.3 Å². The third-order valence-electron chi connectivity index (χ3n) is 5.48. The lowest BCUT2D eigenvalue weighted by Gasteiger charge is -2.26. The Morgan fingerprint density at radius 3 is 2.38 bits per heavy atom. The average Bonchev–Trinajstić information content (AvgIpc) is 3.01. The molecule has 0 radical (unpaired) electrons. The van der Waals surface area contributed by atoms with E-state index in [-0.39, 0.29) is 24.2 Å². The highest BCUT2D eigenvalue weighted by Crippen LogP contribution is 2.34. The van der Waals surface area contributed by atoms with Crippen molar-refractivity contribution >= 4 is 29.4 Å². The number of Topliss-reactive ketones (excluding diaryl/α,β-unsaturated/α-hetero) is 1. The number of hydrogen-bond acceptors (Lipinski definition) is 8. The number of carbonyl (C=O) groups is 3. The topological polar surface area (TPSA) is 113 Å². The molecule has 2 amide bonds. The van der Waals surface area contributed by atoms with Gasteiger partial charge < -0.3 is 19.7 Å². The minimum atomic E-state index is -1.30. The predicted molar refractivity (Wildman–Crippen MR) is 122 cm³/mol. The predicted octanol–water partition coefficient (Wildman–Crippen LogP) is 3.18. The van der Waals surface area contributed by atoms with Gasteiger partial charge >= 0.3 is 0 Å². The van der Waals surface area contributed by atoms with Crippen molar-refractivity contribution in [3.63, 3.8) is 0 Å². The summed E-state index contributed by atoms with van der Waals surface area (Å²) in [6.45, 7) is 11.4. The summed E-state index contributed by atoms with van der Waals surface area (Å²) in [6, 6.07) is -0.927. The molecule has 2 N–H and O–H groups in total. The number of carbonyl (C=O) groups excluding carboxylic acids is 3. The van der Waals surface area contributed by atoms with Gasteiger partial charge in [-0.15, -0.1) is 0 Å². The molecule has 0 aromatic carbocycles. The largest absolute Gasteiger partial charge is 0.511 e. The van der Waals surface area contributed by atoms with Crippen molar-refractivity contribution in [3.8, 4) is 0 Å². The molecule has 0 bridgehead atoms. The van der Waals surface area contributed by atoms with E-state index < -0.39 is 53.2 Å². The van der Waals surface area contributed by atoms with Gasteiger partial charge in [0.2, 0.25) is 5.91 Å². The molecule has 32 heavy (non-hydrogen) atoms. The van der Waals surface area contributed by atoms with Crippen LogP contribution in [0.2, 0.25) is 0 Å². The number of ether oxygens (including phenoxy) is 2. The molecule has 0 aromatic rings. The van der Waals surface area contributed by atoms with Crippen LogP contribution in [-0.4, -0.2) is 68.9 Å². The van der Waals surface area contributed by atoms with E-state index in [0.717, 1.165) is 11.3 Å². The van der Waals surface area contributed by atoms with Gasteiger partial charge in [-0.1, -0.05) is 27.7 Å². The molecule has 2 heterocycles. The lowest BCUT2D eigenvalue weighted by Crippen LogP contribution is -2.41. The fraction of sp³-hybridized carbons (Fsp3) is 0.783. The molecular weight excluding hydrogens is 434 g/mol. The zero-order chi connectivity index (χ0) is 24.4. The third-order valence-corrected chi connectivity index (χ3v) is 6.13. The van der Waals surface area contributed by atoms with E-state index in [9.17, 15) is 24.6 Å². The molecule has 3 unspecified atom stereocenters. The molecule has 2 rings (SSSR count). The second kappa shape index (κ2) is 10.2. The Morgan fingerprint density at radius 1 is 1.25 bits per heavy atom. The Bertz CT molecular complexity index is 771. The number of rotatable bonds is 8. The van der Waals surface area contributed by atoms with Gasteiger partial charge in [0.25, 0.3) is 5.91 Å². The van der Waals surface area contributed by atoms with Gasteiger partial charge in [-0.05, 0) is 50.0 Å². The van der Waals surface area contributed by atoms with Crippen molar-refractivity contribution in [2.75, 3.05) is 12.0 Å². The number of aliphatic hydroxyl groups is 2. The number of likely N-dealkylation sites (tertiary alicyclic amines) is 1. The lowest BCUT2D eigenvalue weighted by molar-refractivity contribution is -0.174. The summed E-state index contributed by atoms with van der Waals surface area (Å²) in [4.78, 5) is 40.3. The first-order valence-electron chi connectivity index (χ1n) is 11.0. The van der Waals surface area contributed by atoms with E-state index in [1.807, 2.05) is 13.2 Å². The van der Waals surface area contributed by atoms with Gasteiger partial charge in [-0.2, -0.15) is 11.8 Å². The summed E-state index contributed by atoms with van der Waals surface area (Å²) < 4.78 is 10.8. The zero-order valence-electron chi connectivity index (χ0n) is 20.1. The quantitative estimate of drug-likeness (QED) is 0.315. The van der Waals surface area contributed by atoms with Crippen molar-refractivity contribution in [1.29, 1.82) is 0 Å². The van der Waals surface area contributed by atoms with Crippen LogP contribution in [0.25, 0.3) is 0 Å². The minimum Gasteiger partial charge on any atom is -0.511 e. The van der Waals surface area contributed by atoms with Crippen LogP contribution in [0.3, 0.4) is 0 Å². The number of thioether (sulfide) groups is 1. The molecule has 8 nitrogen and oxygen atoms in total. The molecule has 0 aromatic heterocycles. The van der Waals surface area contributed by atoms with Crippen molar-refractivity contribution in [1.82, 2.24) is 4.90 Å². The minimum absolute atomic E-state index is 0.0318. The Hall–Kier alpha value is -1.42. The maximum Gasteiger partial charge on any atom is 0.268 e. The molecule has 2 saturated heterocycles. The second-order valence-corrected chi connectivity index (χ2v) is 11.4. The van der Waals surface area contributed by atoms with Crippen LogP contribution in [0.1, 0.15) is 67.2 Å². The normalized spacial score (nSPS) is 28.4. The standard InChI is InChI=1S/C23H37NO7S/c1-13(12-22(2,3)4)10-17(26)24-14(8-9-32-7)19(27)18(20(24)28)15(25)11-16-21(29)31-23(5,6)30-16/h13-14,16,21,25,29H,8-12H2,1-7H3/b18-15-/t13?,14?,16-,21?/m0/s1. The number of aliphatic hydroxyl groups excluding tert-OH is 2. The Labute approximate surface area is 194 Å². The number of hydrogen-bond donors (Lipinski definition) is 2. The Balaban J connectivity index is 2.26. The summed E-state index contributed by atoms with van der Waals surface area (Å²) in [5, 5.41) is 20.7. The summed E-state index contributed by atoms with van der Waals surface area (Å²) in [5.74, 6) is -2.66. The lowest BCUT2D eigenvalue weighted by atomic mass is 9.84. The number of amides is 2. The molecule has 9 heteroatoms. The van der Waals surface area contributed by atoms with E-state index in [0.29, 0.717) is 12.2 Å². The molecule has 2 aliphatic rings. The van der Waals surface area contributed by atoms with Gasteiger partial charge in [0, 0.05) is 12.8 Å². The van der Waals surface area contributed by atoms with Gasteiger partial charge in [0.15, 0.2) is 17.9 Å². The van der Waals surface area contributed by atoms with Crippen LogP contribution in [-0.2, 0) is 23.9 Å². The average molecular weight is 472 g/mol. The molecule has 0 spiro atoms. The SMILES string of the molecule is CSCCC1C(=O)/C(=C(/O)C[C@@H]2OC(C)(C)OC2O)C(=O)N1C(=O)CC(C)CC(C)(C)C. The molecule has 2 aliphatic heterocycles. The second-order valence-electron chi connectivity index (χ2n) is 10.4. The van der Waals surface area contributed by atoms with Crippen molar-refractivity contribution in [3.05, 3.63) is 11.3 Å². The fourth-order valence-electron chi connectivity index (χ4n) is 4.46. The van der Waals surface area contributed by atoms with Crippen LogP contribution < -0.4 is 0 Å².